The number of aliphatic hydroxyl groups is 1. The molecule has 8 heteroatoms. The standard InChI is InChI=1S/C33H31N3O5/c1-32-15-7-17-34(24-11-3-2-4-12-24)29(38)26(32)27-30(39)36(19-20-37)28-31(40)35(18-8-16-33(27,28)41-32)25-14-13-22-9-5-6-10-23(22)21-25/h2-16,21,26-28,37H,17-20H2,1H3/t26-,27-,28?,32+,33-/m0/s1. The SMILES string of the molecule is C[C@@]12C=CCN(c3ccccc3)C(=O)[C@@H]1[C@H]1C(=O)N(CCO)C3C(=O)N(c4ccc5ccccc5c4)CC=C[C@@]31O2. The Hall–Kier alpha value is -4.27. The molecule has 8 nitrogen and oxygen atoms in total. The van der Waals surface area contributed by atoms with Crippen LogP contribution in [0.25, 0.3) is 10.8 Å². The van der Waals surface area contributed by atoms with Gasteiger partial charge in [-0.3, -0.25) is 14.4 Å². The molecule has 7 rings (SSSR count). The van der Waals surface area contributed by atoms with Crippen LogP contribution in [0.3, 0.4) is 0 Å². The first-order chi connectivity index (χ1) is 19.9. The smallest absolute Gasteiger partial charge is 0.253 e. The lowest BCUT2D eigenvalue weighted by molar-refractivity contribution is -0.144. The first kappa shape index (κ1) is 25.7. The normalized spacial score (nSPS) is 30.8. The Morgan fingerprint density at radius 3 is 2.22 bits per heavy atom. The predicted octanol–water partition coefficient (Wildman–Crippen LogP) is 3.31. The molecule has 0 aromatic heterocycles. The van der Waals surface area contributed by atoms with Gasteiger partial charge in [-0.2, -0.15) is 0 Å². The number of para-hydroxylation sites is 1. The zero-order valence-electron chi connectivity index (χ0n) is 22.7. The molecule has 3 aromatic carbocycles. The highest BCUT2D eigenvalue weighted by Crippen LogP contribution is 2.57. The van der Waals surface area contributed by atoms with Gasteiger partial charge in [-0.25, -0.2) is 0 Å². The predicted molar refractivity (Wildman–Crippen MR) is 155 cm³/mol. The Morgan fingerprint density at radius 2 is 1.46 bits per heavy atom. The van der Waals surface area contributed by atoms with Crippen LogP contribution < -0.4 is 9.80 Å². The molecule has 0 bridgehead atoms. The van der Waals surface area contributed by atoms with Gasteiger partial charge in [-0.15, -0.1) is 0 Å². The Kier molecular flexibility index (Phi) is 5.88. The zero-order valence-corrected chi connectivity index (χ0v) is 22.7. The van der Waals surface area contributed by atoms with E-state index in [9.17, 15) is 19.5 Å². The number of benzene rings is 3. The van der Waals surface area contributed by atoms with Crippen molar-refractivity contribution in [1.82, 2.24) is 4.90 Å². The molecule has 3 aromatic rings. The zero-order chi connectivity index (χ0) is 28.4. The van der Waals surface area contributed by atoms with E-state index in [1.54, 1.807) is 9.80 Å². The number of β-amino-alcohol motifs (C(OH)–C–C–N with tert-alkyl or cyclic N) is 1. The fourth-order valence-electron chi connectivity index (χ4n) is 7.29. The Morgan fingerprint density at radius 1 is 0.780 bits per heavy atom. The Bertz CT molecular complexity index is 1620. The van der Waals surface area contributed by atoms with Gasteiger partial charge in [0, 0.05) is 31.0 Å². The number of fused-ring (bicyclic) bond motifs is 3. The second-order valence-corrected chi connectivity index (χ2v) is 11.3. The molecule has 4 heterocycles. The number of ether oxygens (including phenoxy) is 1. The van der Waals surface area contributed by atoms with Gasteiger partial charge in [0.05, 0.1) is 24.0 Å². The summed E-state index contributed by atoms with van der Waals surface area (Å²) in [6.07, 6.45) is 7.46. The van der Waals surface area contributed by atoms with E-state index in [2.05, 4.69) is 0 Å². The molecule has 2 fully saturated rings. The first-order valence-electron chi connectivity index (χ1n) is 14.0. The van der Waals surface area contributed by atoms with Crippen LogP contribution in [0.15, 0.2) is 97.1 Å². The van der Waals surface area contributed by atoms with Crippen molar-refractivity contribution < 1.29 is 24.2 Å². The third-order valence-electron chi connectivity index (χ3n) is 9.01. The van der Waals surface area contributed by atoms with Crippen molar-refractivity contribution in [2.45, 2.75) is 24.2 Å². The van der Waals surface area contributed by atoms with Crippen molar-refractivity contribution in [3.63, 3.8) is 0 Å². The van der Waals surface area contributed by atoms with Crippen molar-refractivity contribution in [2.24, 2.45) is 11.8 Å². The fourth-order valence-corrected chi connectivity index (χ4v) is 7.29. The number of aliphatic hydroxyl groups excluding tert-OH is 1. The molecule has 0 saturated carbocycles. The highest BCUT2D eigenvalue weighted by molar-refractivity contribution is 6.08. The van der Waals surface area contributed by atoms with Crippen LogP contribution in [-0.4, -0.2) is 71.2 Å². The summed E-state index contributed by atoms with van der Waals surface area (Å²) < 4.78 is 6.84. The molecular formula is C33H31N3O5. The lowest BCUT2D eigenvalue weighted by Crippen LogP contribution is -2.56. The number of likely N-dealkylation sites (tertiary alicyclic amines) is 1. The summed E-state index contributed by atoms with van der Waals surface area (Å²) in [7, 11) is 0. The van der Waals surface area contributed by atoms with Crippen molar-refractivity contribution in [3.05, 3.63) is 97.1 Å². The van der Waals surface area contributed by atoms with Crippen molar-refractivity contribution >= 4 is 39.9 Å². The third-order valence-corrected chi connectivity index (χ3v) is 9.01. The van der Waals surface area contributed by atoms with Crippen LogP contribution in [0.1, 0.15) is 6.92 Å². The van der Waals surface area contributed by atoms with E-state index in [1.165, 1.54) is 4.90 Å². The average molecular weight is 550 g/mol. The summed E-state index contributed by atoms with van der Waals surface area (Å²) in [5, 5.41) is 12.0. The Labute approximate surface area is 238 Å². The summed E-state index contributed by atoms with van der Waals surface area (Å²) in [6.45, 7) is 2.11. The molecule has 4 aliphatic heterocycles. The van der Waals surface area contributed by atoms with Crippen molar-refractivity contribution in [3.8, 4) is 0 Å². The summed E-state index contributed by atoms with van der Waals surface area (Å²) in [6, 6.07) is 22.1. The van der Waals surface area contributed by atoms with Crippen molar-refractivity contribution in [1.29, 1.82) is 0 Å². The summed E-state index contributed by atoms with van der Waals surface area (Å²) in [5.74, 6) is -2.66. The second kappa shape index (κ2) is 9.39. The lowest BCUT2D eigenvalue weighted by Gasteiger charge is -2.37. The van der Waals surface area contributed by atoms with E-state index in [1.807, 2.05) is 104 Å². The van der Waals surface area contributed by atoms with E-state index in [0.29, 0.717) is 12.2 Å². The molecule has 5 atom stereocenters. The monoisotopic (exact) mass is 549 g/mol. The maximum Gasteiger partial charge on any atom is 0.253 e. The molecule has 1 unspecified atom stereocenters. The third kappa shape index (κ3) is 3.71. The molecule has 41 heavy (non-hydrogen) atoms. The summed E-state index contributed by atoms with van der Waals surface area (Å²) in [5.41, 5.74) is -1.03. The number of carbonyl (C=O) groups is 3. The van der Waals surface area contributed by atoms with Gasteiger partial charge >= 0.3 is 0 Å². The van der Waals surface area contributed by atoms with Crippen LogP contribution in [0.4, 0.5) is 11.4 Å². The van der Waals surface area contributed by atoms with Gasteiger partial charge in [-0.05, 0) is 42.0 Å². The maximum absolute atomic E-state index is 14.5. The van der Waals surface area contributed by atoms with Crippen LogP contribution in [0, 0.1) is 11.8 Å². The van der Waals surface area contributed by atoms with Crippen LogP contribution in [-0.2, 0) is 19.1 Å². The number of hydrogen-bond donors (Lipinski definition) is 1. The van der Waals surface area contributed by atoms with E-state index < -0.39 is 29.1 Å². The van der Waals surface area contributed by atoms with E-state index in [4.69, 9.17) is 4.74 Å². The molecule has 0 radical (unpaired) electrons. The number of nitrogens with zero attached hydrogens (tertiary/aromatic N) is 3. The maximum atomic E-state index is 14.5. The molecule has 2 saturated heterocycles. The molecule has 0 aliphatic carbocycles. The van der Waals surface area contributed by atoms with E-state index in [0.717, 1.165) is 16.5 Å². The van der Waals surface area contributed by atoms with Gasteiger partial charge in [0.25, 0.3) is 5.91 Å². The minimum absolute atomic E-state index is 0.0356. The highest BCUT2D eigenvalue weighted by atomic mass is 16.5. The Balaban J connectivity index is 1.33. The lowest BCUT2D eigenvalue weighted by atomic mass is 9.74. The molecule has 208 valence electrons. The molecular weight excluding hydrogens is 518 g/mol. The quantitative estimate of drug-likeness (QED) is 0.505. The molecule has 3 amide bonds. The second-order valence-electron chi connectivity index (χ2n) is 11.3. The molecule has 1 spiro atoms. The highest BCUT2D eigenvalue weighted by Gasteiger charge is 2.74. The topological polar surface area (TPSA) is 90.4 Å². The van der Waals surface area contributed by atoms with Crippen LogP contribution in [0.2, 0.25) is 0 Å². The number of hydrogen-bond acceptors (Lipinski definition) is 5. The first-order valence-corrected chi connectivity index (χ1v) is 14.0. The largest absolute Gasteiger partial charge is 0.395 e. The van der Waals surface area contributed by atoms with Gasteiger partial charge in [0.1, 0.15) is 11.6 Å². The average Bonchev–Trinajstić information content (AvgIpc) is 3.24. The van der Waals surface area contributed by atoms with Gasteiger partial charge in [-0.1, -0.05) is 72.8 Å². The van der Waals surface area contributed by atoms with Crippen LogP contribution >= 0.6 is 0 Å². The number of carbonyl (C=O) groups excluding carboxylic acids is 3. The van der Waals surface area contributed by atoms with Crippen molar-refractivity contribution in [2.75, 3.05) is 36.0 Å². The summed E-state index contributed by atoms with van der Waals surface area (Å²) >= 11 is 0. The molecule has 1 N–H and O–H groups in total. The van der Waals surface area contributed by atoms with Crippen LogP contribution in [0.5, 0.6) is 0 Å². The number of amides is 3. The number of rotatable bonds is 4. The number of anilines is 2. The minimum Gasteiger partial charge on any atom is -0.395 e. The fraction of sp³-hybridized carbons (Fsp3) is 0.303. The molecule has 4 aliphatic rings. The summed E-state index contributed by atoms with van der Waals surface area (Å²) in [4.78, 5) is 47.8. The van der Waals surface area contributed by atoms with Gasteiger partial charge in [0.2, 0.25) is 11.8 Å². The van der Waals surface area contributed by atoms with E-state index >= 15 is 0 Å². The van der Waals surface area contributed by atoms with Gasteiger partial charge < -0.3 is 24.5 Å². The van der Waals surface area contributed by atoms with Gasteiger partial charge in [0.15, 0.2) is 0 Å². The van der Waals surface area contributed by atoms with E-state index in [-0.39, 0.29) is 37.4 Å². The minimum atomic E-state index is -1.37.